The largest absolute Gasteiger partial charge is 0.493 e. The van der Waals surface area contributed by atoms with Crippen LogP contribution in [0.1, 0.15) is 15.9 Å². The number of ether oxygens (including phenoxy) is 3. The molecule has 0 radical (unpaired) electrons. The van der Waals surface area contributed by atoms with Crippen molar-refractivity contribution in [2.24, 2.45) is 0 Å². The third-order valence-electron chi connectivity index (χ3n) is 4.58. The average Bonchev–Trinajstić information content (AvgIpc) is 3.09. The van der Waals surface area contributed by atoms with Gasteiger partial charge in [0, 0.05) is 5.56 Å². The highest BCUT2D eigenvalue weighted by Gasteiger charge is 2.33. The Kier molecular flexibility index (Phi) is 8.08. The highest BCUT2D eigenvalue weighted by molar-refractivity contribution is 8.26. The molecular weight excluding hydrogens is 485 g/mol. The molecule has 1 aliphatic heterocycles. The molecule has 3 rings (SSSR count). The number of methoxy groups -OCH3 is 3. The van der Waals surface area contributed by atoms with E-state index in [2.05, 4.69) is 10.9 Å². The molecule has 0 aliphatic carbocycles. The minimum absolute atomic E-state index is 0.153. The van der Waals surface area contributed by atoms with Crippen molar-refractivity contribution in [3.05, 3.63) is 58.2 Å². The Labute approximate surface area is 204 Å². The van der Waals surface area contributed by atoms with E-state index >= 15 is 0 Å². The zero-order valence-corrected chi connectivity index (χ0v) is 20.0. The van der Waals surface area contributed by atoms with Gasteiger partial charge < -0.3 is 14.2 Å². The van der Waals surface area contributed by atoms with E-state index in [1.54, 1.807) is 18.2 Å². The molecule has 34 heavy (non-hydrogen) atoms. The Morgan fingerprint density at radius 1 is 1.06 bits per heavy atom. The van der Waals surface area contributed by atoms with Gasteiger partial charge in [0.05, 0.1) is 26.2 Å². The van der Waals surface area contributed by atoms with Gasteiger partial charge in [-0.1, -0.05) is 24.0 Å². The van der Waals surface area contributed by atoms with Crippen molar-refractivity contribution >= 4 is 52.1 Å². The number of hydrazine groups is 1. The first-order chi connectivity index (χ1) is 16.3. The second kappa shape index (κ2) is 11.0. The summed E-state index contributed by atoms with van der Waals surface area (Å²) in [5.74, 6) is -1.02. The van der Waals surface area contributed by atoms with Crippen LogP contribution in [0, 0.1) is 5.82 Å². The van der Waals surface area contributed by atoms with Crippen molar-refractivity contribution in [3.8, 4) is 17.2 Å². The van der Waals surface area contributed by atoms with Gasteiger partial charge in [-0.3, -0.25) is 30.1 Å². The average molecular weight is 506 g/mol. The molecule has 0 saturated carbocycles. The molecule has 1 heterocycles. The fourth-order valence-electron chi connectivity index (χ4n) is 2.96. The van der Waals surface area contributed by atoms with Gasteiger partial charge in [0.25, 0.3) is 17.7 Å². The van der Waals surface area contributed by atoms with Crippen LogP contribution in [0.3, 0.4) is 0 Å². The van der Waals surface area contributed by atoms with Crippen LogP contribution in [0.4, 0.5) is 4.39 Å². The number of thiocarbonyl (C=S) groups is 1. The molecule has 0 bridgehead atoms. The van der Waals surface area contributed by atoms with E-state index in [0.29, 0.717) is 27.7 Å². The number of thioether (sulfide) groups is 1. The van der Waals surface area contributed by atoms with Crippen LogP contribution in [0.5, 0.6) is 17.2 Å². The summed E-state index contributed by atoms with van der Waals surface area (Å²) in [4.78, 5) is 38.5. The number of carbonyl (C=O) groups is 3. The molecule has 0 spiro atoms. The normalized spacial score (nSPS) is 14.2. The molecule has 3 amide bonds. The van der Waals surface area contributed by atoms with Crippen molar-refractivity contribution in [1.29, 1.82) is 0 Å². The lowest BCUT2D eigenvalue weighted by Crippen LogP contribution is -2.47. The Morgan fingerprint density at radius 3 is 2.24 bits per heavy atom. The molecule has 178 valence electrons. The number of hydrogen-bond donors (Lipinski definition) is 2. The number of halogens is 1. The van der Waals surface area contributed by atoms with Gasteiger partial charge >= 0.3 is 0 Å². The van der Waals surface area contributed by atoms with Crippen LogP contribution in [-0.4, -0.2) is 54.8 Å². The predicted molar refractivity (Wildman–Crippen MR) is 128 cm³/mol. The Balaban J connectivity index is 1.67. The highest BCUT2D eigenvalue weighted by atomic mass is 32.2. The van der Waals surface area contributed by atoms with Gasteiger partial charge in [-0.05, 0) is 48.0 Å². The molecule has 2 aromatic rings. The minimum Gasteiger partial charge on any atom is -0.493 e. The summed E-state index contributed by atoms with van der Waals surface area (Å²) in [6.07, 6.45) is 1.60. The molecule has 2 N–H and O–H groups in total. The summed E-state index contributed by atoms with van der Waals surface area (Å²) in [6, 6.07) is 8.13. The molecule has 0 aromatic heterocycles. The maximum Gasteiger partial charge on any atom is 0.269 e. The van der Waals surface area contributed by atoms with Crippen LogP contribution >= 0.6 is 24.0 Å². The van der Waals surface area contributed by atoms with Gasteiger partial charge in [-0.25, -0.2) is 4.39 Å². The van der Waals surface area contributed by atoms with E-state index in [4.69, 9.17) is 26.4 Å². The quantitative estimate of drug-likeness (QED) is 0.336. The van der Waals surface area contributed by atoms with Gasteiger partial charge in [0.15, 0.2) is 11.5 Å². The molecule has 2 aromatic carbocycles. The Morgan fingerprint density at radius 2 is 1.68 bits per heavy atom. The van der Waals surface area contributed by atoms with E-state index in [1.807, 2.05) is 0 Å². The van der Waals surface area contributed by atoms with Crippen molar-refractivity contribution in [1.82, 2.24) is 15.8 Å². The maximum atomic E-state index is 13.0. The minimum atomic E-state index is -0.666. The maximum absolute atomic E-state index is 13.0. The third-order valence-corrected chi connectivity index (χ3v) is 5.96. The number of nitrogens with one attached hydrogen (secondary N) is 2. The molecule has 1 fully saturated rings. The molecular formula is C22H20FN3O6S2. The number of hydrogen-bond acceptors (Lipinski definition) is 8. The Hall–Kier alpha value is -3.64. The summed E-state index contributed by atoms with van der Waals surface area (Å²) >= 11 is 6.28. The Bertz CT molecular complexity index is 1140. The summed E-state index contributed by atoms with van der Waals surface area (Å²) in [5.41, 5.74) is 5.17. The van der Waals surface area contributed by atoms with Crippen LogP contribution in [-0.2, 0) is 9.59 Å². The van der Waals surface area contributed by atoms with E-state index < -0.39 is 30.1 Å². The first-order valence-electron chi connectivity index (χ1n) is 9.67. The third kappa shape index (κ3) is 5.64. The van der Waals surface area contributed by atoms with Crippen molar-refractivity contribution in [3.63, 3.8) is 0 Å². The first-order valence-corrected chi connectivity index (χ1v) is 10.9. The molecule has 9 nitrogen and oxygen atoms in total. The number of benzene rings is 2. The van der Waals surface area contributed by atoms with Gasteiger partial charge in [-0.2, -0.15) is 0 Å². The SMILES string of the molecule is COc1cc(/C=C2\SC(=S)N(CC(=O)NNC(=O)c3ccc(F)cc3)C2=O)cc(OC)c1OC. The van der Waals surface area contributed by atoms with Crippen LogP contribution < -0.4 is 25.1 Å². The lowest BCUT2D eigenvalue weighted by Gasteiger charge is -2.14. The molecule has 0 unspecified atom stereocenters. The monoisotopic (exact) mass is 505 g/mol. The molecule has 12 heteroatoms. The summed E-state index contributed by atoms with van der Waals surface area (Å²) < 4.78 is 29.1. The van der Waals surface area contributed by atoms with Crippen LogP contribution in [0.2, 0.25) is 0 Å². The summed E-state index contributed by atoms with van der Waals surface area (Å²) in [7, 11) is 4.44. The number of carbonyl (C=O) groups excluding carboxylic acids is 3. The van der Waals surface area contributed by atoms with Gasteiger partial charge in [0.2, 0.25) is 5.75 Å². The van der Waals surface area contributed by atoms with Crippen LogP contribution in [0.25, 0.3) is 6.08 Å². The number of amides is 3. The number of nitrogens with zero attached hydrogens (tertiary/aromatic N) is 1. The lowest BCUT2D eigenvalue weighted by atomic mass is 10.1. The first kappa shape index (κ1) is 25.0. The van der Waals surface area contributed by atoms with Gasteiger partial charge in [-0.15, -0.1) is 0 Å². The fraction of sp³-hybridized carbons (Fsp3) is 0.182. The smallest absolute Gasteiger partial charge is 0.269 e. The lowest BCUT2D eigenvalue weighted by molar-refractivity contribution is -0.129. The zero-order chi connectivity index (χ0) is 24.8. The summed E-state index contributed by atoms with van der Waals surface area (Å²) in [5, 5.41) is 0. The van der Waals surface area contributed by atoms with E-state index in [0.717, 1.165) is 28.8 Å². The van der Waals surface area contributed by atoms with Crippen molar-refractivity contribution < 1.29 is 33.0 Å². The second-order valence-electron chi connectivity index (χ2n) is 6.74. The molecule has 1 saturated heterocycles. The molecule has 1 aliphatic rings. The van der Waals surface area contributed by atoms with E-state index in [-0.39, 0.29) is 9.88 Å². The van der Waals surface area contributed by atoms with Gasteiger partial charge in [0.1, 0.15) is 16.7 Å². The van der Waals surface area contributed by atoms with E-state index in [9.17, 15) is 18.8 Å². The number of rotatable bonds is 7. The predicted octanol–water partition coefficient (Wildman–Crippen LogP) is 2.51. The standard InChI is InChI=1S/C22H20FN3O6S2/c1-30-15-8-12(9-16(31-2)19(15)32-3)10-17-21(29)26(22(33)34-17)11-18(27)24-25-20(28)13-4-6-14(23)7-5-13/h4-10H,11H2,1-3H3,(H,24,27)(H,25,28)/b17-10-. The van der Waals surface area contributed by atoms with E-state index in [1.165, 1.54) is 33.5 Å². The summed E-state index contributed by atoms with van der Waals surface area (Å²) in [6.45, 7) is -0.402. The second-order valence-corrected chi connectivity index (χ2v) is 8.41. The molecule has 0 atom stereocenters. The zero-order valence-electron chi connectivity index (χ0n) is 18.3. The van der Waals surface area contributed by atoms with Crippen molar-refractivity contribution in [2.45, 2.75) is 0 Å². The topological polar surface area (TPSA) is 106 Å². The van der Waals surface area contributed by atoms with Crippen LogP contribution in [0.15, 0.2) is 41.3 Å². The highest BCUT2D eigenvalue weighted by Crippen LogP contribution is 2.40. The fourth-order valence-corrected chi connectivity index (χ4v) is 4.21. The van der Waals surface area contributed by atoms with Crippen molar-refractivity contribution in [2.75, 3.05) is 27.9 Å².